The van der Waals surface area contributed by atoms with E-state index >= 15 is 0 Å². The lowest BCUT2D eigenvalue weighted by atomic mass is 10.0. The van der Waals surface area contributed by atoms with E-state index in [0.29, 0.717) is 0 Å². The molecule has 2 aromatic carbocycles. The van der Waals surface area contributed by atoms with E-state index in [1.807, 2.05) is 11.3 Å². The Balaban J connectivity index is 1.71. The maximum absolute atomic E-state index is 3.58. The van der Waals surface area contributed by atoms with Crippen LogP contribution in [0.5, 0.6) is 0 Å². The van der Waals surface area contributed by atoms with Crippen molar-refractivity contribution in [2.45, 2.75) is 26.4 Å². The van der Waals surface area contributed by atoms with Crippen LogP contribution in [-0.2, 0) is 19.5 Å². The number of aryl methyl sites for hydroxylation is 1. The lowest BCUT2D eigenvalue weighted by Gasteiger charge is -2.08. The van der Waals surface area contributed by atoms with Gasteiger partial charge in [0.25, 0.3) is 0 Å². The van der Waals surface area contributed by atoms with Crippen molar-refractivity contribution in [3.63, 3.8) is 0 Å². The van der Waals surface area contributed by atoms with Crippen LogP contribution in [0.2, 0.25) is 0 Å². The third kappa shape index (κ3) is 2.77. The molecule has 0 spiro atoms. The van der Waals surface area contributed by atoms with Gasteiger partial charge in [0.2, 0.25) is 0 Å². The molecule has 3 aromatic rings. The summed E-state index contributed by atoms with van der Waals surface area (Å²) >= 11 is 1.85. The molecule has 0 atom stereocenters. The zero-order valence-electron chi connectivity index (χ0n) is 11.7. The fraction of sp³-hybridized carbons (Fsp3) is 0.222. The van der Waals surface area contributed by atoms with Crippen LogP contribution in [0.15, 0.2) is 53.9 Å². The first-order valence-corrected chi connectivity index (χ1v) is 7.99. The molecule has 0 saturated heterocycles. The number of benzene rings is 2. The van der Waals surface area contributed by atoms with E-state index in [1.54, 1.807) is 0 Å². The molecule has 1 heterocycles. The number of rotatable bonds is 5. The van der Waals surface area contributed by atoms with Gasteiger partial charge in [-0.15, -0.1) is 11.3 Å². The van der Waals surface area contributed by atoms with Crippen LogP contribution >= 0.6 is 11.3 Å². The van der Waals surface area contributed by atoms with Crippen molar-refractivity contribution in [3.8, 4) is 0 Å². The quantitative estimate of drug-likeness (QED) is 0.711. The Hall–Kier alpha value is -1.64. The molecule has 0 amide bonds. The van der Waals surface area contributed by atoms with Crippen LogP contribution in [-0.4, -0.2) is 0 Å². The minimum Gasteiger partial charge on any atom is -0.308 e. The first-order valence-electron chi connectivity index (χ1n) is 7.11. The number of fused-ring (bicyclic) bond motifs is 1. The molecule has 3 rings (SSSR count). The smallest absolute Gasteiger partial charge is 0.0305 e. The van der Waals surface area contributed by atoms with Gasteiger partial charge >= 0.3 is 0 Å². The highest BCUT2D eigenvalue weighted by Crippen LogP contribution is 2.20. The Bertz CT molecular complexity index is 694. The summed E-state index contributed by atoms with van der Waals surface area (Å²) in [5, 5.41) is 8.44. The lowest BCUT2D eigenvalue weighted by molar-refractivity contribution is 0.700. The van der Waals surface area contributed by atoms with E-state index in [4.69, 9.17) is 0 Å². The van der Waals surface area contributed by atoms with E-state index in [9.17, 15) is 0 Å². The van der Waals surface area contributed by atoms with Crippen LogP contribution in [0.1, 0.15) is 22.9 Å². The lowest BCUT2D eigenvalue weighted by Crippen LogP contribution is -2.12. The Morgan fingerprint density at radius 2 is 1.75 bits per heavy atom. The van der Waals surface area contributed by atoms with Crippen molar-refractivity contribution in [2.75, 3.05) is 0 Å². The Labute approximate surface area is 124 Å². The third-order valence-corrected chi connectivity index (χ3v) is 4.66. The highest BCUT2D eigenvalue weighted by molar-refractivity contribution is 7.10. The van der Waals surface area contributed by atoms with Gasteiger partial charge in [0.15, 0.2) is 0 Å². The second-order valence-corrected chi connectivity index (χ2v) is 5.97. The number of nitrogens with one attached hydrogen (secondary N) is 1. The molecule has 20 heavy (non-hydrogen) atoms. The molecule has 0 unspecified atom stereocenters. The summed E-state index contributed by atoms with van der Waals surface area (Å²) in [7, 11) is 0. The molecular weight excluding hydrogens is 262 g/mol. The van der Waals surface area contributed by atoms with Crippen LogP contribution in [0.3, 0.4) is 0 Å². The summed E-state index contributed by atoms with van der Waals surface area (Å²) in [5.41, 5.74) is 2.85. The molecular formula is C18H19NS. The molecule has 1 aromatic heterocycles. The van der Waals surface area contributed by atoms with Gasteiger partial charge in [0.1, 0.15) is 0 Å². The van der Waals surface area contributed by atoms with Gasteiger partial charge < -0.3 is 5.32 Å². The van der Waals surface area contributed by atoms with E-state index in [-0.39, 0.29) is 0 Å². The molecule has 0 fully saturated rings. The molecule has 2 heteroatoms. The molecule has 1 N–H and O–H groups in total. The van der Waals surface area contributed by atoms with E-state index in [1.165, 1.54) is 26.8 Å². The molecule has 1 nitrogen and oxygen atoms in total. The molecule has 0 bridgehead atoms. The molecule has 0 aliphatic rings. The molecule has 0 aliphatic carbocycles. The maximum atomic E-state index is 3.58. The summed E-state index contributed by atoms with van der Waals surface area (Å²) < 4.78 is 0. The molecule has 102 valence electrons. The van der Waals surface area contributed by atoms with Crippen molar-refractivity contribution in [1.29, 1.82) is 0 Å². The molecule has 0 aliphatic heterocycles. The summed E-state index contributed by atoms with van der Waals surface area (Å²) in [4.78, 5) is 1.47. The normalized spacial score (nSPS) is 11.1. The maximum Gasteiger partial charge on any atom is 0.0305 e. The third-order valence-electron chi connectivity index (χ3n) is 3.70. The van der Waals surface area contributed by atoms with Crippen LogP contribution in [0.25, 0.3) is 10.8 Å². The second kappa shape index (κ2) is 6.21. The minimum atomic E-state index is 0.919. The Morgan fingerprint density at radius 3 is 2.65 bits per heavy atom. The van der Waals surface area contributed by atoms with Crippen molar-refractivity contribution in [2.24, 2.45) is 0 Å². The largest absolute Gasteiger partial charge is 0.308 e. The average molecular weight is 281 g/mol. The van der Waals surface area contributed by atoms with Crippen LogP contribution in [0.4, 0.5) is 0 Å². The first-order chi connectivity index (χ1) is 9.88. The van der Waals surface area contributed by atoms with Crippen LogP contribution < -0.4 is 5.32 Å². The van der Waals surface area contributed by atoms with Gasteiger partial charge in [-0.1, -0.05) is 49.4 Å². The highest BCUT2D eigenvalue weighted by Gasteiger charge is 2.03. The van der Waals surface area contributed by atoms with Gasteiger partial charge in [0, 0.05) is 18.0 Å². The Kier molecular flexibility index (Phi) is 4.14. The van der Waals surface area contributed by atoms with Crippen molar-refractivity contribution < 1.29 is 0 Å². The van der Waals surface area contributed by atoms with Gasteiger partial charge in [-0.25, -0.2) is 0 Å². The van der Waals surface area contributed by atoms with Crippen molar-refractivity contribution >= 4 is 22.1 Å². The van der Waals surface area contributed by atoms with E-state index in [0.717, 1.165) is 19.5 Å². The minimum absolute atomic E-state index is 0.919. The molecule has 0 radical (unpaired) electrons. The number of hydrogen-bond acceptors (Lipinski definition) is 2. The topological polar surface area (TPSA) is 12.0 Å². The fourth-order valence-corrected chi connectivity index (χ4v) is 3.54. The first kappa shape index (κ1) is 13.3. The van der Waals surface area contributed by atoms with Gasteiger partial charge in [-0.05, 0) is 39.8 Å². The number of hydrogen-bond donors (Lipinski definition) is 1. The SMILES string of the molecule is CCc1ccsc1CNCc1cccc2ccccc12. The van der Waals surface area contributed by atoms with E-state index in [2.05, 4.69) is 66.2 Å². The highest BCUT2D eigenvalue weighted by atomic mass is 32.1. The monoisotopic (exact) mass is 281 g/mol. The number of thiophene rings is 1. The summed E-state index contributed by atoms with van der Waals surface area (Å²) in [6.45, 7) is 4.10. The summed E-state index contributed by atoms with van der Waals surface area (Å²) in [6.07, 6.45) is 1.12. The van der Waals surface area contributed by atoms with Gasteiger partial charge in [0.05, 0.1) is 0 Å². The van der Waals surface area contributed by atoms with E-state index < -0.39 is 0 Å². The predicted octanol–water partition coefficient (Wildman–Crippen LogP) is 4.75. The van der Waals surface area contributed by atoms with Crippen LogP contribution in [0, 0.1) is 0 Å². The summed E-state index contributed by atoms with van der Waals surface area (Å²) in [5.74, 6) is 0. The fourth-order valence-electron chi connectivity index (χ4n) is 2.59. The van der Waals surface area contributed by atoms with Crippen molar-refractivity contribution in [3.05, 3.63) is 69.9 Å². The second-order valence-electron chi connectivity index (χ2n) is 4.96. The average Bonchev–Trinajstić information content (AvgIpc) is 2.95. The zero-order valence-corrected chi connectivity index (χ0v) is 12.5. The Morgan fingerprint density at radius 1 is 0.900 bits per heavy atom. The van der Waals surface area contributed by atoms with Gasteiger partial charge in [-0.3, -0.25) is 0 Å². The van der Waals surface area contributed by atoms with Gasteiger partial charge in [-0.2, -0.15) is 0 Å². The predicted molar refractivity (Wildman–Crippen MR) is 88.2 cm³/mol. The van der Waals surface area contributed by atoms with Crippen molar-refractivity contribution in [1.82, 2.24) is 5.32 Å². The standard InChI is InChI=1S/C18H19NS/c1-2-14-10-11-20-18(14)13-19-12-16-8-5-7-15-6-3-4-9-17(15)16/h3-11,19H,2,12-13H2,1H3. The summed E-state index contributed by atoms with van der Waals surface area (Å²) in [6, 6.07) is 17.3. The zero-order chi connectivity index (χ0) is 13.8. The molecule has 0 saturated carbocycles.